The molecule has 5 nitrogen and oxygen atoms in total. The van der Waals surface area contributed by atoms with Gasteiger partial charge in [-0.25, -0.2) is 8.42 Å². The van der Waals surface area contributed by atoms with Crippen LogP contribution in [-0.2, 0) is 21.1 Å². The molecule has 1 saturated heterocycles. The zero-order chi connectivity index (χ0) is 13.9. The first-order valence-corrected chi connectivity index (χ1v) is 7.96. The van der Waals surface area contributed by atoms with Crippen LogP contribution in [0, 0.1) is 0 Å². The zero-order valence-corrected chi connectivity index (χ0v) is 11.3. The van der Waals surface area contributed by atoms with Crippen molar-refractivity contribution in [1.29, 1.82) is 0 Å². The number of nitrogens with one attached hydrogen (secondary N) is 1. The largest absolute Gasteiger partial charge is 0.508 e. The minimum atomic E-state index is -3.03. The molecule has 1 aliphatic rings. The monoisotopic (exact) mass is 283 g/mol. The summed E-state index contributed by atoms with van der Waals surface area (Å²) < 4.78 is 23.2. The second kappa shape index (κ2) is 5.61. The second-order valence-corrected chi connectivity index (χ2v) is 7.14. The lowest BCUT2D eigenvalue weighted by molar-refractivity contribution is -0.120. The molecule has 0 spiro atoms. The third kappa shape index (κ3) is 3.47. The lowest BCUT2D eigenvalue weighted by Crippen LogP contribution is -2.35. The van der Waals surface area contributed by atoms with Gasteiger partial charge in [-0.1, -0.05) is 18.2 Å². The SMILES string of the molecule is O=C(Cc1ccccc1O)NCC1CCCS1(=O)=O. The Morgan fingerprint density at radius 1 is 1.37 bits per heavy atom. The molecule has 0 aromatic heterocycles. The van der Waals surface area contributed by atoms with Gasteiger partial charge in [-0.2, -0.15) is 0 Å². The maximum atomic E-state index is 11.7. The lowest BCUT2D eigenvalue weighted by atomic mass is 10.1. The van der Waals surface area contributed by atoms with Gasteiger partial charge in [0.05, 0.1) is 17.4 Å². The van der Waals surface area contributed by atoms with Crippen LogP contribution in [0.2, 0.25) is 0 Å². The lowest BCUT2D eigenvalue weighted by Gasteiger charge is -2.11. The smallest absolute Gasteiger partial charge is 0.224 e. The summed E-state index contributed by atoms with van der Waals surface area (Å²) in [6, 6.07) is 6.61. The van der Waals surface area contributed by atoms with E-state index in [4.69, 9.17) is 0 Å². The van der Waals surface area contributed by atoms with E-state index in [0.29, 0.717) is 18.4 Å². The molecule has 2 rings (SSSR count). The Labute approximate surface area is 112 Å². The van der Waals surface area contributed by atoms with Crippen LogP contribution >= 0.6 is 0 Å². The standard InChI is InChI=1S/C13H17NO4S/c15-12-6-2-1-4-10(12)8-13(16)14-9-11-5-3-7-19(11,17)18/h1-2,4,6,11,15H,3,5,7-9H2,(H,14,16). The highest BCUT2D eigenvalue weighted by Crippen LogP contribution is 2.19. The summed E-state index contributed by atoms with van der Waals surface area (Å²) in [5, 5.41) is 11.7. The number of rotatable bonds is 4. The van der Waals surface area contributed by atoms with Crippen LogP contribution in [0.3, 0.4) is 0 Å². The molecule has 0 bridgehead atoms. The minimum Gasteiger partial charge on any atom is -0.508 e. The molecule has 1 aliphatic heterocycles. The molecule has 0 aliphatic carbocycles. The van der Waals surface area contributed by atoms with Crippen molar-refractivity contribution in [2.75, 3.05) is 12.3 Å². The first-order valence-electron chi connectivity index (χ1n) is 6.24. The molecule has 6 heteroatoms. The molecule has 2 N–H and O–H groups in total. The Hall–Kier alpha value is -1.56. The summed E-state index contributed by atoms with van der Waals surface area (Å²) in [6.07, 6.45) is 1.33. The van der Waals surface area contributed by atoms with Crippen LogP contribution in [0.15, 0.2) is 24.3 Å². The van der Waals surface area contributed by atoms with Crippen molar-refractivity contribution >= 4 is 15.7 Å². The Morgan fingerprint density at radius 2 is 2.11 bits per heavy atom. The number of para-hydroxylation sites is 1. The summed E-state index contributed by atoms with van der Waals surface area (Å²) >= 11 is 0. The van der Waals surface area contributed by atoms with Gasteiger partial charge in [0.2, 0.25) is 5.91 Å². The second-order valence-electron chi connectivity index (χ2n) is 4.74. The van der Waals surface area contributed by atoms with Crippen LogP contribution in [0.4, 0.5) is 0 Å². The van der Waals surface area contributed by atoms with E-state index in [2.05, 4.69) is 5.32 Å². The molecular formula is C13H17NO4S. The summed E-state index contributed by atoms with van der Waals surface area (Å²) in [5.74, 6) is 0.0160. The van der Waals surface area contributed by atoms with Gasteiger partial charge in [0.15, 0.2) is 9.84 Å². The third-order valence-electron chi connectivity index (χ3n) is 3.33. The summed E-state index contributed by atoms with van der Waals surface area (Å²) in [6.45, 7) is 0.161. The molecule has 19 heavy (non-hydrogen) atoms. The Balaban J connectivity index is 1.87. The Morgan fingerprint density at radius 3 is 2.74 bits per heavy atom. The average molecular weight is 283 g/mol. The number of benzene rings is 1. The fourth-order valence-electron chi connectivity index (χ4n) is 2.21. The molecule has 1 heterocycles. The van der Waals surface area contributed by atoms with Crippen molar-refractivity contribution in [3.05, 3.63) is 29.8 Å². The molecule has 1 aromatic carbocycles. The van der Waals surface area contributed by atoms with Crippen molar-refractivity contribution in [2.24, 2.45) is 0 Å². The number of carbonyl (C=O) groups is 1. The average Bonchev–Trinajstić information content (AvgIpc) is 2.69. The Kier molecular flexibility index (Phi) is 4.09. The first-order chi connectivity index (χ1) is 8.99. The van der Waals surface area contributed by atoms with Gasteiger partial charge in [0.25, 0.3) is 0 Å². The van der Waals surface area contributed by atoms with Crippen LogP contribution in [-0.4, -0.2) is 37.0 Å². The third-order valence-corrected chi connectivity index (χ3v) is 5.61. The fourth-order valence-corrected chi connectivity index (χ4v) is 3.98. The van der Waals surface area contributed by atoms with Crippen LogP contribution < -0.4 is 5.32 Å². The highest BCUT2D eigenvalue weighted by Gasteiger charge is 2.31. The molecule has 0 radical (unpaired) electrons. The molecule has 1 fully saturated rings. The maximum absolute atomic E-state index is 11.7. The maximum Gasteiger partial charge on any atom is 0.224 e. The van der Waals surface area contributed by atoms with E-state index in [1.165, 1.54) is 6.07 Å². The van der Waals surface area contributed by atoms with Crippen molar-refractivity contribution in [2.45, 2.75) is 24.5 Å². The fraction of sp³-hybridized carbons (Fsp3) is 0.462. The van der Waals surface area contributed by atoms with Gasteiger partial charge in [-0.15, -0.1) is 0 Å². The quantitative estimate of drug-likeness (QED) is 0.849. The first kappa shape index (κ1) is 13.9. The van der Waals surface area contributed by atoms with Crippen molar-refractivity contribution in [3.8, 4) is 5.75 Å². The number of carbonyl (C=O) groups excluding carboxylic acids is 1. The van der Waals surface area contributed by atoms with Gasteiger partial charge in [0, 0.05) is 12.1 Å². The Bertz CT molecular complexity index is 568. The summed E-state index contributed by atoms with van der Waals surface area (Å²) in [5.41, 5.74) is 0.536. The van der Waals surface area contributed by atoms with Crippen LogP contribution in [0.25, 0.3) is 0 Å². The van der Waals surface area contributed by atoms with Gasteiger partial charge < -0.3 is 10.4 Å². The minimum absolute atomic E-state index is 0.0550. The van der Waals surface area contributed by atoms with Crippen molar-refractivity contribution < 1.29 is 18.3 Å². The molecule has 1 unspecified atom stereocenters. The van der Waals surface area contributed by atoms with E-state index < -0.39 is 15.1 Å². The predicted octanol–water partition coefficient (Wildman–Crippen LogP) is 0.628. The van der Waals surface area contributed by atoms with E-state index in [1.54, 1.807) is 18.2 Å². The highest BCUT2D eigenvalue weighted by atomic mass is 32.2. The van der Waals surface area contributed by atoms with E-state index in [9.17, 15) is 18.3 Å². The number of sulfone groups is 1. The van der Waals surface area contributed by atoms with Crippen LogP contribution in [0.5, 0.6) is 5.75 Å². The normalized spacial score (nSPS) is 21.2. The number of hydrogen-bond acceptors (Lipinski definition) is 4. The van der Waals surface area contributed by atoms with Gasteiger partial charge in [-0.3, -0.25) is 4.79 Å². The molecular weight excluding hydrogens is 266 g/mol. The van der Waals surface area contributed by atoms with Gasteiger partial charge >= 0.3 is 0 Å². The van der Waals surface area contributed by atoms with Gasteiger partial charge in [-0.05, 0) is 18.9 Å². The molecule has 1 atom stereocenters. The zero-order valence-electron chi connectivity index (χ0n) is 10.5. The molecule has 1 amide bonds. The van der Waals surface area contributed by atoms with E-state index >= 15 is 0 Å². The topological polar surface area (TPSA) is 83.5 Å². The van der Waals surface area contributed by atoms with Crippen LogP contribution in [0.1, 0.15) is 18.4 Å². The number of phenolic OH excluding ortho intramolecular Hbond substituents is 1. The van der Waals surface area contributed by atoms with E-state index in [0.717, 1.165) is 0 Å². The number of hydrogen-bond donors (Lipinski definition) is 2. The van der Waals surface area contributed by atoms with Gasteiger partial charge in [0.1, 0.15) is 5.75 Å². The predicted molar refractivity (Wildman–Crippen MR) is 71.6 cm³/mol. The van der Waals surface area contributed by atoms with Crippen molar-refractivity contribution in [3.63, 3.8) is 0 Å². The van der Waals surface area contributed by atoms with Crippen molar-refractivity contribution in [1.82, 2.24) is 5.32 Å². The number of phenols is 1. The van der Waals surface area contributed by atoms with E-state index in [1.807, 2.05) is 0 Å². The molecule has 0 saturated carbocycles. The molecule has 104 valence electrons. The molecule has 1 aromatic rings. The highest BCUT2D eigenvalue weighted by molar-refractivity contribution is 7.92. The summed E-state index contributed by atoms with van der Waals surface area (Å²) in [4.78, 5) is 11.7. The van der Waals surface area contributed by atoms with E-state index in [-0.39, 0.29) is 30.4 Å². The number of aromatic hydroxyl groups is 1. The summed E-state index contributed by atoms with van der Waals surface area (Å²) in [7, 11) is -3.03. The number of amides is 1.